The smallest absolute Gasteiger partial charge is 0.000415 e. The summed E-state index contributed by atoms with van der Waals surface area (Å²) in [5, 5.41) is 0.679. The molecule has 0 bridgehead atoms. The quantitative estimate of drug-likeness (QED) is 0.550. The van der Waals surface area contributed by atoms with Gasteiger partial charge in [0.15, 0.2) is 0 Å². The standard InChI is InChI=1S/C20H26S/c1-4-6-13-18(5-2)21(3,19-14-9-7-10-15-19)20-16-11-8-12-17-20/h4,6-12,14-18H,5,13H2,1-3H3. The molecule has 0 nitrogen and oxygen atoms in total. The molecule has 0 saturated carbocycles. The summed E-state index contributed by atoms with van der Waals surface area (Å²) in [7, 11) is -1.01. The molecule has 0 aromatic heterocycles. The SMILES string of the molecule is CC=CCC(CC)S(C)(c1ccccc1)c1ccccc1. The van der Waals surface area contributed by atoms with Gasteiger partial charge < -0.3 is 0 Å². The third-order valence-electron chi connectivity index (χ3n) is 4.22. The Kier molecular flexibility index (Phi) is 5.69. The molecule has 1 atom stereocenters. The molecule has 0 N–H and O–H groups in total. The van der Waals surface area contributed by atoms with Gasteiger partial charge in [0, 0.05) is 0 Å². The molecule has 2 aromatic rings. The van der Waals surface area contributed by atoms with Crippen LogP contribution >= 0.6 is 10.0 Å². The second-order valence-electron chi connectivity index (χ2n) is 5.44. The van der Waals surface area contributed by atoms with Gasteiger partial charge in [-0.15, -0.1) is 0 Å². The Morgan fingerprint density at radius 2 is 1.38 bits per heavy atom. The van der Waals surface area contributed by atoms with Crippen LogP contribution in [0.5, 0.6) is 0 Å². The van der Waals surface area contributed by atoms with Gasteiger partial charge in [-0.1, -0.05) is 55.5 Å². The van der Waals surface area contributed by atoms with Gasteiger partial charge in [0.25, 0.3) is 0 Å². The molecular formula is C20H26S. The van der Waals surface area contributed by atoms with Crippen LogP contribution in [0.4, 0.5) is 0 Å². The van der Waals surface area contributed by atoms with Crippen LogP contribution in [0.2, 0.25) is 0 Å². The van der Waals surface area contributed by atoms with Gasteiger partial charge in [0.05, 0.1) is 0 Å². The highest BCUT2D eigenvalue weighted by atomic mass is 32.3. The van der Waals surface area contributed by atoms with Crippen LogP contribution < -0.4 is 0 Å². The molecule has 0 spiro atoms. The Labute approximate surface area is 131 Å². The summed E-state index contributed by atoms with van der Waals surface area (Å²) in [6.07, 6.45) is 9.35. The minimum atomic E-state index is -1.01. The van der Waals surface area contributed by atoms with E-state index in [9.17, 15) is 0 Å². The fourth-order valence-corrected chi connectivity index (χ4v) is 6.56. The van der Waals surface area contributed by atoms with Gasteiger partial charge in [0.1, 0.15) is 0 Å². The molecule has 1 heteroatoms. The lowest BCUT2D eigenvalue weighted by Crippen LogP contribution is -2.17. The largest absolute Gasteiger partial charge is 0.187 e. The first-order chi connectivity index (χ1) is 10.2. The monoisotopic (exact) mass is 298 g/mol. The van der Waals surface area contributed by atoms with Crippen LogP contribution in [-0.4, -0.2) is 11.5 Å². The van der Waals surface area contributed by atoms with E-state index in [0.29, 0.717) is 5.25 Å². The summed E-state index contributed by atoms with van der Waals surface area (Å²) < 4.78 is 0. The third-order valence-corrected chi connectivity index (χ3v) is 8.58. The molecule has 0 saturated heterocycles. The molecule has 0 aliphatic carbocycles. The van der Waals surface area contributed by atoms with Crippen molar-refractivity contribution in [3.05, 3.63) is 72.8 Å². The molecule has 0 heterocycles. The van der Waals surface area contributed by atoms with Gasteiger partial charge in [-0.25, -0.2) is 0 Å². The van der Waals surface area contributed by atoms with E-state index >= 15 is 0 Å². The zero-order valence-corrected chi connectivity index (χ0v) is 14.1. The van der Waals surface area contributed by atoms with E-state index in [1.807, 2.05) is 0 Å². The van der Waals surface area contributed by atoms with Gasteiger partial charge >= 0.3 is 0 Å². The summed E-state index contributed by atoms with van der Waals surface area (Å²) >= 11 is 0. The zero-order chi connectivity index (χ0) is 15.1. The number of hydrogen-bond acceptors (Lipinski definition) is 0. The predicted molar refractivity (Wildman–Crippen MR) is 96.4 cm³/mol. The Hall–Kier alpha value is -1.47. The number of hydrogen-bond donors (Lipinski definition) is 0. The van der Waals surface area contributed by atoms with E-state index in [1.165, 1.54) is 16.2 Å². The minimum Gasteiger partial charge on any atom is -0.187 e. The fourth-order valence-electron chi connectivity index (χ4n) is 2.91. The van der Waals surface area contributed by atoms with Gasteiger partial charge in [-0.3, -0.25) is 0 Å². The maximum absolute atomic E-state index is 2.48. The van der Waals surface area contributed by atoms with E-state index in [1.54, 1.807) is 0 Å². The number of allylic oxidation sites excluding steroid dienone is 2. The van der Waals surface area contributed by atoms with Crippen molar-refractivity contribution in [2.24, 2.45) is 0 Å². The fraction of sp³-hybridized carbons (Fsp3) is 0.300. The Morgan fingerprint density at radius 1 is 0.905 bits per heavy atom. The maximum Gasteiger partial charge on any atom is -0.000415 e. The predicted octanol–water partition coefficient (Wildman–Crippen LogP) is 6.28. The van der Waals surface area contributed by atoms with Crippen molar-refractivity contribution >= 4 is 10.0 Å². The van der Waals surface area contributed by atoms with Crippen molar-refractivity contribution in [1.29, 1.82) is 0 Å². The molecule has 0 aliphatic rings. The van der Waals surface area contributed by atoms with Gasteiger partial charge in [-0.2, -0.15) is 10.0 Å². The van der Waals surface area contributed by atoms with Crippen molar-refractivity contribution in [2.45, 2.75) is 41.7 Å². The lowest BCUT2D eigenvalue weighted by molar-refractivity contribution is 0.819. The summed E-state index contributed by atoms with van der Waals surface area (Å²) in [4.78, 5) is 2.99. The maximum atomic E-state index is 2.48. The number of rotatable bonds is 6. The van der Waals surface area contributed by atoms with E-state index in [2.05, 4.69) is 92.9 Å². The van der Waals surface area contributed by atoms with Crippen LogP contribution in [0.25, 0.3) is 0 Å². The molecule has 1 unspecified atom stereocenters. The summed E-state index contributed by atoms with van der Waals surface area (Å²) in [5.74, 6) is 0. The van der Waals surface area contributed by atoms with Crippen LogP contribution in [-0.2, 0) is 0 Å². The molecule has 0 fully saturated rings. The second kappa shape index (κ2) is 7.51. The highest BCUT2D eigenvalue weighted by Crippen LogP contribution is 2.64. The van der Waals surface area contributed by atoms with Crippen LogP contribution in [0.3, 0.4) is 0 Å². The molecule has 2 rings (SSSR count). The normalized spacial score (nSPS) is 14.2. The first-order valence-electron chi connectivity index (χ1n) is 7.72. The number of benzene rings is 2. The Morgan fingerprint density at radius 3 is 1.76 bits per heavy atom. The lowest BCUT2D eigenvalue weighted by Gasteiger charge is -2.44. The van der Waals surface area contributed by atoms with E-state index in [4.69, 9.17) is 0 Å². The average Bonchev–Trinajstić information content (AvgIpc) is 2.57. The van der Waals surface area contributed by atoms with E-state index in [0.717, 1.165) is 6.42 Å². The highest BCUT2D eigenvalue weighted by Gasteiger charge is 2.30. The molecule has 112 valence electrons. The summed E-state index contributed by atoms with van der Waals surface area (Å²) in [6, 6.07) is 22.1. The average molecular weight is 298 g/mol. The topological polar surface area (TPSA) is 0 Å². The lowest BCUT2D eigenvalue weighted by atomic mass is 10.2. The van der Waals surface area contributed by atoms with Crippen LogP contribution in [0.1, 0.15) is 26.7 Å². The molecule has 0 radical (unpaired) electrons. The van der Waals surface area contributed by atoms with Crippen molar-refractivity contribution in [1.82, 2.24) is 0 Å². The van der Waals surface area contributed by atoms with Crippen LogP contribution in [0.15, 0.2) is 82.6 Å². The van der Waals surface area contributed by atoms with Gasteiger partial charge in [0.2, 0.25) is 0 Å². The van der Waals surface area contributed by atoms with Crippen molar-refractivity contribution in [3.8, 4) is 0 Å². The first kappa shape index (κ1) is 15.9. The van der Waals surface area contributed by atoms with Crippen molar-refractivity contribution < 1.29 is 0 Å². The van der Waals surface area contributed by atoms with Crippen molar-refractivity contribution in [3.63, 3.8) is 0 Å². The molecular weight excluding hydrogens is 272 g/mol. The molecule has 2 aromatic carbocycles. The van der Waals surface area contributed by atoms with Crippen LogP contribution in [0, 0.1) is 0 Å². The summed E-state index contributed by atoms with van der Waals surface area (Å²) in [5.41, 5.74) is 0. The molecule has 0 amide bonds. The van der Waals surface area contributed by atoms with E-state index in [-0.39, 0.29) is 0 Å². The van der Waals surface area contributed by atoms with E-state index < -0.39 is 10.0 Å². The molecule has 0 aliphatic heterocycles. The van der Waals surface area contributed by atoms with Crippen molar-refractivity contribution in [2.75, 3.05) is 6.26 Å². The highest BCUT2D eigenvalue weighted by molar-refractivity contribution is 8.33. The van der Waals surface area contributed by atoms with Gasteiger partial charge in [-0.05, 0) is 65.3 Å². The second-order valence-corrected chi connectivity index (χ2v) is 9.02. The Balaban J connectivity index is 2.53. The third kappa shape index (κ3) is 3.41. The zero-order valence-electron chi connectivity index (χ0n) is 13.3. The Bertz CT molecular complexity index is 517. The minimum absolute atomic E-state index is 0.679. The molecule has 21 heavy (non-hydrogen) atoms. The summed E-state index contributed by atoms with van der Waals surface area (Å²) in [6.45, 7) is 4.44. The first-order valence-corrected chi connectivity index (χ1v) is 9.82.